The Morgan fingerprint density at radius 2 is 2.30 bits per heavy atom. The molecule has 8 nitrogen and oxygen atoms in total. The first-order valence-electron chi connectivity index (χ1n) is 9.52. The van der Waals surface area contributed by atoms with Gasteiger partial charge in [0, 0.05) is 51.6 Å². The molecule has 2 rings (SSSR count). The second-order valence-electron chi connectivity index (χ2n) is 6.40. The van der Waals surface area contributed by atoms with Gasteiger partial charge in [0.05, 0.1) is 31.9 Å². The first-order chi connectivity index (χ1) is 13.2. The van der Waals surface area contributed by atoms with E-state index in [2.05, 4.69) is 32.4 Å². The number of aliphatic imine (C=N–C) groups is 1. The molecular formula is C19H31N5O3. The van der Waals surface area contributed by atoms with Crippen LogP contribution in [-0.2, 0) is 9.47 Å². The fraction of sp³-hybridized carbons (Fsp3) is 0.632. The minimum absolute atomic E-state index is 0.127. The van der Waals surface area contributed by atoms with Crippen LogP contribution in [0.3, 0.4) is 0 Å². The molecule has 0 aliphatic carbocycles. The molecule has 1 saturated heterocycles. The minimum Gasteiger partial charge on any atom is -0.382 e. The zero-order valence-electron chi connectivity index (χ0n) is 16.3. The quantitative estimate of drug-likeness (QED) is 0.356. The predicted octanol–water partition coefficient (Wildman–Crippen LogP) is 0.762. The molecule has 8 heteroatoms. The van der Waals surface area contributed by atoms with Crippen LogP contribution in [0.4, 0.5) is 0 Å². The van der Waals surface area contributed by atoms with Gasteiger partial charge in [-0.15, -0.1) is 0 Å². The number of aromatic nitrogens is 1. The first kappa shape index (κ1) is 21.1. The summed E-state index contributed by atoms with van der Waals surface area (Å²) in [6, 6.07) is 3.49. The second kappa shape index (κ2) is 12.2. The standard InChI is InChI=1S/C19H31N5O3/c1-3-21-19(24-10-6-16(14-24)15-27-12-11-26-2)23-9-8-22-18(25)17-5-4-7-20-13-17/h4-5,7,13,16H,3,6,8-12,14-15H2,1-2H3,(H,21,23)(H,22,25). The number of ether oxygens (including phenoxy) is 2. The minimum atomic E-state index is -0.127. The molecule has 1 atom stereocenters. The highest BCUT2D eigenvalue weighted by Gasteiger charge is 2.24. The van der Waals surface area contributed by atoms with E-state index in [0.717, 1.165) is 38.6 Å². The molecule has 1 fully saturated rings. The number of nitrogens with one attached hydrogen (secondary N) is 2. The van der Waals surface area contributed by atoms with Gasteiger partial charge >= 0.3 is 0 Å². The fourth-order valence-electron chi connectivity index (χ4n) is 2.91. The van der Waals surface area contributed by atoms with E-state index >= 15 is 0 Å². The average molecular weight is 377 g/mol. The number of methoxy groups -OCH3 is 1. The lowest BCUT2D eigenvalue weighted by atomic mass is 10.1. The van der Waals surface area contributed by atoms with Crippen LogP contribution in [0.5, 0.6) is 0 Å². The van der Waals surface area contributed by atoms with Gasteiger partial charge in [-0.2, -0.15) is 0 Å². The van der Waals surface area contributed by atoms with Gasteiger partial charge in [0.1, 0.15) is 0 Å². The lowest BCUT2D eigenvalue weighted by Gasteiger charge is -2.21. The predicted molar refractivity (Wildman–Crippen MR) is 105 cm³/mol. The van der Waals surface area contributed by atoms with Crippen molar-refractivity contribution in [1.82, 2.24) is 20.5 Å². The van der Waals surface area contributed by atoms with Crippen LogP contribution >= 0.6 is 0 Å². The van der Waals surface area contributed by atoms with Gasteiger partial charge in [0.15, 0.2) is 5.96 Å². The van der Waals surface area contributed by atoms with Crippen molar-refractivity contribution in [2.75, 3.05) is 59.7 Å². The normalized spacial score (nSPS) is 17.2. The van der Waals surface area contributed by atoms with Crippen molar-refractivity contribution in [3.8, 4) is 0 Å². The topological polar surface area (TPSA) is 88.1 Å². The third-order valence-electron chi connectivity index (χ3n) is 4.29. The molecule has 0 bridgehead atoms. The molecule has 0 radical (unpaired) electrons. The van der Waals surface area contributed by atoms with Crippen molar-refractivity contribution >= 4 is 11.9 Å². The summed E-state index contributed by atoms with van der Waals surface area (Å²) in [5.41, 5.74) is 0.559. The summed E-state index contributed by atoms with van der Waals surface area (Å²) in [5, 5.41) is 6.21. The maximum Gasteiger partial charge on any atom is 0.252 e. The number of carbonyl (C=O) groups is 1. The second-order valence-corrected chi connectivity index (χ2v) is 6.40. The number of rotatable bonds is 10. The van der Waals surface area contributed by atoms with E-state index in [4.69, 9.17) is 9.47 Å². The molecule has 1 aromatic heterocycles. The summed E-state index contributed by atoms with van der Waals surface area (Å²) in [6.45, 7) is 7.80. The molecule has 1 aromatic rings. The number of hydrogen-bond donors (Lipinski definition) is 2. The first-order valence-corrected chi connectivity index (χ1v) is 9.52. The Balaban J connectivity index is 1.74. The molecular weight excluding hydrogens is 346 g/mol. The van der Waals surface area contributed by atoms with Gasteiger partial charge in [-0.05, 0) is 25.5 Å². The van der Waals surface area contributed by atoms with Crippen LogP contribution in [-0.4, -0.2) is 81.4 Å². The Bertz CT molecular complexity index is 582. The summed E-state index contributed by atoms with van der Waals surface area (Å²) in [7, 11) is 1.68. The zero-order chi connectivity index (χ0) is 19.3. The monoisotopic (exact) mass is 377 g/mol. The molecule has 0 saturated carbocycles. The Morgan fingerprint density at radius 1 is 1.41 bits per heavy atom. The van der Waals surface area contributed by atoms with Gasteiger partial charge in [-0.1, -0.05) is 0 Å². The maximum absolute atomic E-state index is 12.0. The molecule has 1 amide bonds. The van der Waals surface area contributed by atoms with Gasteiger partial charge in [-0.25, -0.2) is 0 Å². The van der Waals surface area contributed by atoms with Gasteiger partial charge in [0.2, 0.25) is 0 Å². The molecule has 2 N–H and O–H groups in total. The third-order valence-corrected chi connectivity index (χ3v) is 4.29. The molecule has 2 heterocycles. The smallest absolute Gasteiger partial charge is 0.252 e. The molecule has 1 aliphatic rings. The molecule has 0 spiro atoms. The van der Waals surface area contributed by atoms with E-state index in [1.54, 1.807) is 31.6 Å². The summed E-state index contributed by atoms with van der Waals surface area (Å²) in [5.74, 6) is 1.28. The molecule has 0 aromatic carbocycles. The van der Waals surface area contributed by atoms with Gasteiger partial charge < -0.3 is 25.0 Å². The van der Waals surface area contributed by atoms with Crippen LogP contribution in [0.2, 0.25) is 0 Å². The number of hydrogen-bond acceptors (Lipinski definition) is 5. The van der Waals surface area contributed by atoms with Crippen molar-refractivity contribution in [2.24, 2.45) is 10.9 Å². The van der Waals surface area contributed by atoms with E-state index in [9.17, 15) is 4.79 Å². The summed E-state index contributed by atoms with van der Waals surface area (Å²) in [6.07, 6.45) is 4.30. The lowest BCUT2D eigenvalue weighted by Crippen LogP contribution is -2.41. The van der Waals surface area contributed by atoms with Crippen LogP contribution in [0.15, 0.2) is 29.5 Å². The SMILES string of the molecule is CCNC(=NCCNC(=O)c1cccnc1)N1CCC(COCCOC)C1. The van der Waals surface area contributed by atoms with Crippen molar-refractivity contribution in [3.63, 3.8) is 0 Å². The number of guanidine groups is 1. The largest absolute Gasteiger partial charge is 0.382 e. The maximum atomic E-state index is 12.0. The lowest BCUT2D eigenvalue weighted by molar-refractivity contribution is 0.0536. The molecule has 150 valence electrons. The van der Waals surface area contributed by atoms with E-state index < -0.39 is 0 Å². The Hall–Kier alpha value is -2.19. The number of likely N-dealkylation sites (tertiary alicyclic amines) is 1. The van der Waals surface area contributed by atoms with Crippen LogP contribution in [0.1, 0.15) is 23.7 Å². The fourth-order valence-corrected chi connectivity index (χ4v) is 2.91. The highest BCUT2D eigenvalue weighted by molar-refractivity contribution is 5.93. The van der Waals surface area contributed by atoms with E-state index in [1.165, 1.54) is 0 Å². The van der Waals surface area contributed by atoms with Crippen LogP contribution in [0, 0.1) is 5.92 Å². The molecule has 1 aliphatic heterocycles. The Labute approximate surface area is 161 Å². The van der Waals surface area contributed by atoms with Crippen molar-refractivity contribution in [2.45, 2.75) is 13.3 Å². The van der Waals surface area contributed by atoms with Crippen molar-refractivity contribution in [3.05, 3.63) is 30.1 Å². The highest BCUT2D eigenvalue weighted by atomic mass is 16.5. The Morgan fingerprint density at radius 3 is 3.04 bits per heavy atom. The number of carbonyl (C=O) groups excluding carboxylic acids is 1. The molecule has 1 unspecified atom stereocenters. The number of pyridine rings is 1. The van der Waals surface area contributed by atoms with Crippen LogP contribution < -0.4 is 10.6 Å². The zero-order valence-corrected chi connectivity index (χ0v) is 16.3. The van der Waals surface area contributed by atoms with Crippen LogP contribution in [0.25, 0.3) is 0 Å². The number of amides is 1. The summed E-state index contributed by atoms with van der Waals surface area (Å²) in [4.78, 5) is 22.9. The average Bonchev–Trinajstić information content (AvgIpc) is 3.17. The van der Waals surface area contributed by atoms with E-state index in [-0.39, 0.29) is 5.91 Å². The highest BCUT2D eigenvalue weighted by Crippen LogP contribution is 2.16. The molecule has 27 heavy (non-hydrogen) atoms. The Kier molecular flexibility index (Phi) is 9.57. The van der Waals surface area contributed by atoms with Gasteiger partial charge in [-0.3, -0.25) is 14.8 Å². The van der Waals surface area contributed by atoms with E-state index in [0.29, 0.717) is 37.8 Å². The van der Waals surface area contributed by atoms with Crippen molar-refractivity contribution < 1.29 is 14.3 Å². The van der Waals surface area contributed by atoms with Gasteiger partial charge in [0.25, 0.3) is 5.91 Å². The van der Waals surface area contributed by atoms with Crippen molar-refractivity contribution in [1.29, 1.82) is 0 Å². The third kappa shape index (κ3) is 7.52. The summed E-state index contributed by atoms with van der Waals surface area (Å²) < 4.78 is 10.6. The number of nitrogens with zero attached hydrogens (tertiary/aromatic N) is 3. The van der Waals surface area contributed by atoms with E-state index in [1.807, 2.05) is 0 Å². The summed E-state index contributed by atoms with van der Waals surface area (Å²) >= 11 is 0.